The number of carbonyl (C=O) groups is 2. The molecule has 0 spiro atoms. The molecule has 6 nitrogen and oxygen atoms in total. The van der Waals surface area contributed by atoms with Crippen molar-refractivity contribution in [1.29, 1.82) is 0 Å². The number of carbonyl (C=O) groups excluding carboxylic acids is 2. The Morgan fingerprint density at radius 3 is 2.30 bits per heavy atom. The fourth-order valence-electron chi connectivity index (χ4n) is 2.22. The number of halogens is 2. The molecule has 0 aliphatic heterocycles. The van der Waals surface area contributed by atoms with E-state index in [2.05, 4.69) is 10.6 Å². The monoisotopic (exact) mass is 412 g/mol. The maximum atomic E-state index is 14.1. The highest BCUT2D eigenvalue weighted by Crippen LogP contribution is 2.25. The van der Waals surface area contributed by atoms with Gasteiger partial charge >= 0.3 is 0 Å². The maximum absolute atomic E-state index is 14.1. The molecule has 27 heavy (non-hydrogen) atoms. The summed E-state index contributed by atoms with van der Waals surface area (Å²) in [4.78, 5) is 23.9. The van der Waals surface area contributed by atoms with Gasteiger partial charge in [-0.25, -0.2) is 12.8 Å². The van der Waals surface area contributed by atoms with Gasteiger partial charge in [0.2, 0.25) is 0 Å². The Hall–Kier alpha value is -2.45. The van der Waals surface area contributed by atoms with Crippen LogP contribution in [0.25, 0.3) is 0 Å². The van der Waals surface area contributed by atoms with Crippen LogP contribution in [-0.2, 0) is 9.84 Å². The number of hydrogen-bond donors (Lipinski definition) is 2. The zero-order chi connectivity index (χ0) is 20.4. The second kappa shape index (κ2) is 8.06. The second-order valence-corrected chi connectivity index (χ2v) is 8.87. The van der Waals surface area contributed by atoms with Gasteiger partial charge in [0, 0.05) is 12.6 Å². The lowest BCUT2D eigenvalue weighted by molar-refractivity contribution is 0.0962. The quantitative estimate of drug-likeness (QED) is 0.737. The molecule has 0 saturated heterocycles. The van der Waals surface area contributed by atoms with Crippen molar-refractivity contribution in [2.24, 2.45) is 0 Å². The second-order valence-electron chi connectivity index (χ2n) is 5.96. The molecule has 0 aromatic heterocycles. The van der Waals surface area contributed by atoms with E-state index in [0.29, 0.717) is 0 Å². The van der Waals surface area contributed by atoms with Gasteiger partial charge in [-0.2, -0.15) is 0 Å². The number of rotatable bonds is 5. The molecule has 0 fully saturated rings. The van der Waals surface area contributed by atoms with Gasteiger partial charge in [0.1, 0.15) is 5.82 Å². The van der Waals surface area contributed by atoms with Gasteiger partial charge in [0.25, 0.3) is 11.8 Å². The van der Waals surface area contributed by atoms with Crippen molar-refractivity contribution in [3.8, 4) is 0 Å². The molecule has 2 amide bonds. The molecule has 9 heteroatoms. The molecule has 0 aliphatic carbocycles. The Balaban J connectivity index is 2.35. The van der Waals surface area contributed by atoms with Crippen molar-refractivity contribution in [3.05, 3.63) is 58.4 Å². The molecule has 0 aliphatic rings. The molecule has 2 rings (SSSR count). The van der Waals surface area contributed by atoms with Crippen LogP contribution in [-0.4, -0.2) is 32.5 Å². The maximum Gasteiger partial charge on any atom is 0.258 e. The van der Waals surface area contributed by atoms with E-state index in [1.54, 1.807) is 0 Å². The van der Waals surface area contributed by atoms with Gasteiger partial charge in [-0.3, -0.25) is 9.59 Å². The molecular formula is C18H18ClFN2O4S. The highest BCUT2D eigenvalue weighted by Gasteiger charge is 2.23. The SMILES string of the molecule is CNC(=O)c1ccc(NC(=O)c2cc(S(=O)(=O)C(C)C)ccc2F)c(Cl)c1. The number of nitrogens with one attached hydrogen (secondary N) is 2. The predicted octanol–water partition coefficient (Wildman–Crippen LogP) is 3.27. The van der Waals surface area contributed by atoms with Gasteiger partial charge in [-0.05, 0) is 50.2 Å². The minimum Gasteiger partial charge on any atom is -0.355 e. The molecule has 0 atom stereocenters. The van der Waals surface area contributed by atoms with Crippen LogP contribution < -0.4 is 10.6 Å². The Morgan fingerprint density at radius 1 is 1.07 bits per heavy atom. The topological polar surface area (TPSA) is 92.3 Å². The molecule has 2 N–H and O–H groups in total. The first kappa shape index (κ1) is 20.9. The first-order chi connectivity index (χ1) is 12.6. The van der Waals surface area contributed by atoms with Crippen LogP contribution in [0, 0.1) is 5.82 Å². The summed E-state index contributed by atoms with van der Waals surface area (Å²) in [5.41, 5.74) is 0.0192. The fourth-order valence-corrected chi connectivity index (χ4v) is 3.53. The van der Waals surface area contributed by atoms with Gasteiger partial charge in [-0.1, -0.05) is 11.6 Å². The highest BCUT2D eigenvalue weighted by atomic mass is 35.5. The molecule has 2 aromatic carbocycles. The number of amides is 2. The summed E-state index contributed by atoms with van der Waals surface area (Å²) >= 11 is 6.06. The third kappa shape index (κ3) is 4.45. The Morgan fingerprint density at radius 2 is 1.74 bits per heavy atom. The van der Waals surface area contributed by atoms with Crippen molar-refractivity contribution >= 4 is 38.9 Å². The van der Waals surface area contributed by atoms with Crippen LogP contribution in [0.1, 0.15) is 34.6 Å². The average molecular weight is 413 g/mol. The normalized spacial score (nSPS) is 11.3. The van der Waals surface area contributed by atoms with E-state index in [1.165, 1.54) is 39.1 Å². The van der Waals surface area contributed by atoms with E-state index in [4.69, 9.17) is 11.6 Å². The molecule has 0 bridgehead atoms. The lowest BCUT2D eigenvalue weighted by Crippen LogP contribution is -2.19. The standard InChI is InChI=1S/C18H18ClFN2O4S/c1-10(2)27(25,26)12-5-6-15(20)13(9-12)18(24)22-16-7-4-11(8-14(16)19)17(23)21-3/h4-10H,1-3H3,(H,21,23)(H,22,24). The first-order valence-electron chi connectivity index (χ1n) is 7.94. The van der Waals surface area contributed by atoms with Crippen molar-refractivity contribution in [2.45, 2.75) is 24.0 Å². The minimum atomic E-state index is -3.67. The van der Waals surface area contributed by atoms with E-state index >= 15 is 0 Å². The number of benzene rings is 2. The van der Waals surface area contributed by atoms with Crippen LogP contribution in [0.5, 0.6) is 0 Å². The number of anilines is 1. The van der Waals surface area contributed by atoms with Crippen molar-refractivity contribution in [1.82, 2.24) is 5.32 Å². The summed E-state index contributed by atoms with van der Waals surface area (Å²) in [6, 6.07) is 7.24. The molecule has 0 saturated carbocycles. The van der Waals surface area contributed by atoms with E-state index in [0.717, 1.165) is 18.2 Å². The van der Waals surface area contributed by atoms with Crippen molar-refractivity contribution in [2.75, 3.05) is 12.4 Å². The zero-order valence-electron chi connectivity index (χ0n) is 14.8. The van der Waals surface area contributed by atoms with Crippen LogP contribution in [0.3, 0.4) is 0 Å². The van der Waals surface area contributed by atoms with Crippen LogP contribution in [0.15, 0.2) is 41.3 Å². The molecule has 0 radical (unpaired) electrons. The van der Waals surface area contributed by atoms with Crippen LogP contribution in [0.2, 0.25) is 5.02 Å². The smallest absolute Gasteiger partial charge is 0.258 e. The summed E-state index contributed by atoms with van der Waals surface area (Å²) < 4.78 is 38.6. The lowest BCUT2D eigenvalue weighted by atomic mass is 10.1. The average Bonchev–Trinajstić information content (AvgIpc) is 2.62. The fraction of sp³-hybridized carbons (Fsp3) is 0.222. The third-order valence-electron chi connectivity index (χ3n) is 3.84. The Labute approximate surface area is 161 Å². The molecular weight excluding hydrogens is 395 g/mol. The van der Waals surface area contributed by atoms with Gasteiger partial charge < -0.3 is 10.6 Å². The van der Waals surface area contributed by atoms with Crippen LogP contribution >= 0.6 is 11.6 Å². The van der Waals surface area contributed by atoms with E-state index in [-0.39, 0.29) is 27.1 Å². The van der Waals surface area contributed by atoms with E-state index < -0.39 is 32.4 Å². The van der Waals surface area contributed by atoms with Crippen molar-refractivity contribution in [3.63, 3.8) is 0 Å². The summed E-state index contributed by atoms with van der Waals surface area (Å²) in [5, 5.41) is 4.22. The van der Waals surface area contributed by atoms with Crippen molar-refractivity contribution < 1.29 is 22.4 Å². The van der Waals surface area contributed by atoms with Crippen LogP contribution in [0.4, 0.5) is 10.1 Å². The molecule has 144 valence electrons. The van der Waals surface area contributed by atoms with Gasteiger partial charge in [0.05, 0.1) is 26.4 Å². The molecule has 2 aromatic rings. The summed E-state index contributed by atoms with van der Waals surface area (Å²) in [7, 11) is -2.20. The molecule has 0 heterocycles. The summed E-state index contributed by atoms with van der Waals surface area (Å²) in [6.07, 6.45) is 0. The van der Waals surface area contributed by atoms with E-state index in [1.807, 2.05) is 0 Å². The Bertz CT molecular complexity index is 1010. The van der Waals surface area contributed by atoms with E-state index in [9.17, 15) is 22.4 Å². The number of sulfone groups is 1. The largest absolute Gasteiger partial charge is 0.355 e. The highest BCUT2D eigenvalue weighted by molar-refractivity contribution is 7.92. The minimum absolute atomic E-state index is 0.0795. The van der Waals surface area contributed by atoms with Gasteiger partial charge in [0.15, 0.2) is 9.84 Å². The summed E-state index contributed by atoms with van der Waals surface area (Å²) in [5.74, 6) is -2.08. The van der Waals surface area contributed by atoms with Gasteiger partial charge in [-0.15, -0.1) is 0 Å². The first-order valence-corrected chi connectivity index (χ1v) is 9.86. The summed E-state index contributed by atoms with van der Waals surface area (Å²) in [6.45, 7) is 2.98. The third-order valence-corrected chi connectivity index (χ3v) is 6.30. The predicted molar refractivity (Wildman–Crippen MR) is 102 cm³/mol. The number of hydrogen-bond acceptors (Lipinski definition) is 4. The molecule has 0 unspecified atom stereocenters. The lowest BCUT2D eigenvalue weighted by Gasteiger charge is -2.12. The zero-order valence-corrected chi connectivity index (χ0v) is 16.4. The Kier molecular flexibility index (Phi) is 6.22.